The average molecular weight is 288 g/mol. The molecule has 2 atom stereocenters. The van der Waals surface area contributed by atoms with Gasteiger partial charge in [-0.3, -0.25) is 0 Å². The number of fused-ring (bicyclic) bond motifs is 1. The molecule has 1 fully saturated rings. The highest BCUT2D eigenvalue weighted by Gasteiger charge is 2.34. The molecule has 2 heterocycles. The van der Waals surface area contributed by atoms with Crippen LogP contribution in [0.4, 0.5) is 4.79 Å². The maximum atomic E-state index is 12.6. The van der Waals surface area contributed by atoms with Crippen molar-refractivity contribution < 1.29 is 14.7 Å². The fourth-order valence-corrected chi connectivity index (χ4v) is 3.15. The quantitative estimate of drug-likeness (QED) is 0.863. The summed E-state index contributed by atoms with van der Waals surface area (Å²) in [6, 6.07) is 5.18. The lowest BCUT2D eigenvalue weighted by atomic mass is 10.0. The van der Waals surface area contributed by atoms with Gasteiger partial charge in [-0.1, -0.05) is 19.9 Å². The molecule has 1 aromatic carbocycles. The molecule has 5 nitrogen and oxygen atoms in total. The summed E-state index contributed by atoms with van der Waals surface area (Å²) < 4.78 is 0. The minimum absolute atomic E-state index is 0.0688. The van der Waals surface area contributed by atoms with Crippen molar-refractivity contribution in [1.82, 2.24) is 9.80 Å². The highest BCUT2D eigenvalue weighted by atomic mass is 16.4. The standard InChI is InChI=1S/C16H20N2O3/c1-10-6-17(7-11(10)2)16(21)18-8-13-4-3-12(15(19)20)5-14(13)9-18/h3-5,10-11H,6-9H2,1-2H3,(H,19,20). The Morgan fingerprint density at radius 1 is 1.05 bits per heavy atom. The van der Waals surface area contributed by atoms with E-state index >= 15 is 0 Å². The Bertz CT molecular complexity index is 589. The largest absolute Gasteiger partial charge is 0.478 e. The lowest BCUT2D eigenvalue weighted by Crippen LogP contribution is -2.39. The topological polar surface area (TPSA) is 60.9 Å². The van der Waals surface area contributed by atoms with E-state index in [9.17, 15) is 9.59 Å². The minimum atomic E-state index is -0.926. The van der Waals surface area contributed by atoms with Gasteiger partial charge in [0.15, 0.2) is 0 Å². The molecule has 5 heteroatoms. The molecule has 1 N–H and O–H groups in total. The van der Waals surface area contributed by atoms with Crippen LogP contribution in [0.1, 0.15) is 35.3 Å². The highest BCUT2D eigenvalue weighted by Crippen LogP contribution is 2.28. The van der Waals surface area contributed by atoms with Crippen LogP contribution in [0.25, 0.3) is 0 Å². The predicted octanol–water partition coefficient (Wildman–Crippen LogP) is 2.41. The van der Waals surface area contributed by atoms with Gasteiger partial charge in [0, 0.05) is 26.2 Å². The molecule has 0 spiro atoms. The maximum absolute atomic E-state index is 12.6. The van der Waals surface area contributed by atoms with Crippen molar-refractivity contribution in [2.24, 2.45) is 11.8 Å². The zero-order chi connectivity index (χ0) is 15.1. The number of aromatic carboxylic acids is 1. The molecule has 2 aliphatic rings. The Hall–Kier alpha value is -2.04. The monoisotopic (exact) mass is 288 g/mol. The summed E-state index contributed by atoms with van der Waals surface area (Å²) in [6.07, 6.45) is 0. The first kappa shape index (κ1) is 13.9. The number of hydrogen-bond acceptors (Lipinski definition) is 2. The third-order valence-corrected chi connectivity index (χ3v) is 4.70. The van der Waals surface area contributed by atoms with Crippen molar-refractivity contribution >= 4 is 12.0 Å². The van der Waals surface area contributed by atoms with Gasteiger partial charge in [-0.15, -0.1) is 0 Å². The summed E-state index contributed by atoms with van der Waals surface area (Å²) in [5, 5.41) is 9.03. The summed E-state index contributed by atoms with van der Waals surface area (Å²) in [7, 11) is 0. The number of rotatable bonds is 1. The van der Waals surface area contributed by atoms with Crippen molar-refractivity contribution in [2.75, 3.05) is 13.1 Å². The lowest BCUT2D eigenvalue weighted by Gasteiger charge is -2.24. The van der Waals surface area contributed by atoms with Crippen LogP contribution < -0.4 is 0 Å². The lowest BCUT2D eigenvalue weighted by molar-refractivity contribution is 0.0696. The third kappa shape index (κ3) is 2.48. The maximum Gasteiger partial charge on any atom is 0.335 e. The van der Waals surface area contributed by atoms with Crippen molar-refractivity contribution in [3.05, 3.63) is 34.9 Å². The van der Waals surface area contributed by atoms with Gasteiger partial charge in [0.2, 0.25) is 0 Å². The summed E-state index contributed by atoms with van der Waals surface area (Å²) in [5.41, 5.74) is 2.28. The Morgan fingerprint density at radius 3 is 2.29 bits per heavy atom. The Kier molecular flexibility index (Phi) is 3.35. The van der Waals surface area contributed by atoms with E-state index in [0.717, 1.165) is 24.2 Å². The SMILES string of the molecule is CC1CN(C(=O)N2Cc3ccc(C(=O)O)cc3C2)CC1C. The minimum Gasteiger partial charge on any atom is -0.478 e. The zero-order valence-electron chi connectivity index (χ0n) is 12.4. The Morgan fingerprint density at radius 2 is 1.67 bits per heavy atom. The van der Waals surface area contributed by atoms with Gasteiger partial charge in [-0.2, -0.15) is 0 Å². The van der Waals surface area contributed by atoms with E-state index in [2.05, 4.69) is 13.8 Å². The number of likely N-dealkylation sites (tertiary alicyclic amines) is 1. The second-order valence-corrected chi connectivity index (χ2v) is 6.29. The van der Waals surface area contributed by atoms with Gasteiger partial charge in [-0.05, 0) is 35.1 Å². The molecular weight excluding hydrogens is 268 g/mol. The summed E-state index contributed by atoms with van der Waals surface area (Å²) in [6.45, 7) is 7.06. The summed E-state index contributed by atoms with van der Waals surface area (Å²) in [4.78, 5) is 27.3. The molecule has 2 amide bonds. The molecule has 0 radical (unpaired) electrons. The predicted molar refractivity (Wildman–Crippen MR) is 77.9 cm³/mol. The molecule has 0 saturated carbocycles. The van der Waals surface area contributed by atoms with Crippen LogP contribution in [0, 0.1) is 11.8 Å². The van der Waals surface area contributed by atoms with Crippen LogP contribution in [0.5, 0.6) is 0 Å². The van der Waals surface area contributed by atoms with Crippen molar-refractivity contribution in [1.29, 1.82) is 0 Å². The van der Waals surface area contributed by atoms with Crippen LogP contribution in [-0.2, 0) is 13.1 Å². The number of carboxylic acid groups (broad SMARTS) is 1. The van der Waals surface area contributed by atoms with Crippen LogP contribution in [0.3, 0.4) is 0 Å². The van der Waals surface area contributed by atoms with Gasteiger partial charge in [0.05, 0.1) is 5.56 Å². The Balaban J connectivity index is 1.73. The fourth-order valence-electron chi connectivity index (χ4n) is 3.15. The van der Waals surface area contributed by atoms with Crippen molar-refractivity contribution in [3.63, 3.8) is 0 Å². The second kappa shape index (κ2) is 5.06. The number of carbonyl (C=O) groups excluding carboxylic acids is 1. The van der Waals surface area contributed by atoms with Crippen LogP contribution in [0.15, 0.2) is 18.2 Å². The number of benzene rings is 1. The van der Waals surface area contributed by atoms with Crippen molar-refractivity contribution in [2.45, 2.75) is 26.9 Å². The smallest absolute Gasteiger partial charge is 0.335 e. The number of amides is 2. The van der Waals surface area contributed by atoms with E-state index in [4.69, 9.17) is 5.11 Å². The van der Waals surface area contributed by atoms with E-state index in [1.165, 1.54) is 0 Å². The number of hydrogen-bond donors (Lipinski definition) is 1. The van der Waals surface area contributed by atoms with E-state index in [1.807, 2.05) is 11.0 Å². The van der Waals surface area contributed by atoms with Crippen LogP contribution in [0.2, 0.25) is 0 Å². The van der Waals surface area contributed by atoms with E-state index in [0.29, 0.717) is 24.9 Å². The van der Waals surface area contributed by atoms with E-state index < -0.39 is 5.97 Å². The molecule has 1 aromatic rings. The Labute approximate surface area is 124 Å². The van der Waals surface area contributed by atoms with Gasteiger partial charge >= 0.3 is 12.0 Å². The number of carboxylic acids is 1. The molecular formula is C16H20N2O3. The molecule has 0 aliphatic carbocycles. The molecule has 112 valence electrons. The fraction of sp³-hybridized carbons (Fsp3) is 0.500. The molecule has 21 heavy (non-hydrogen) atoms. The van der Waals surface area contributed by atoms with E-state index in [1.54, 1.807) is 17.0 Å². The third-order valence-electron chi connectivity index (χ3n) is 4.70. The first-order chi connectivity index (χ1) is 9.95. The van der Waals surface area contributed by atoms with Crippen molar-refractivity contribution in [3.8, 4) is 0 Å². The second-order valence-electron chi connectivity index (χ2n) is 6.29. The zero-order valence-corrected chi connectivity index (χ0v) is 12.4. The highest BCUT2D eigenvalue weighted by molar-refractivity contribution is 5.88. The number of urea groups is 1. The summed E-state index contributed by atoms with van der Waals surface area (Å²) >= 11 is 0. The van der Waals surface area contributed by atoms with Gasteiger partial charge in [-0.25, -0.2) is 9.59 Å². The van der Waals surface area contributed by atoms with E-state index in [-0.39, 0.29) is 11.6 Å². The normalized spacial score (nSPS) is 24.3. The first-order valence-electron chi connectivity index (χ1n) is 7.34. The van der Waals surface area contributed by atoms with Crippen LogP contribution in [-0.4, -0.2) is 40.0 Å². The molecule has 1 saturated heterocycles. The molecule has 0 aromatic heterocycles. The van der Waals surface area contributed by atoms with Crippen LogP contribution >= 0.6 is 0 Å². The van der Waals surface area contributed by atoms with Gasteiger partial charge in [0.1, 0.15) is 0 Å². The molecule has 2 aliphatic heterocycles. The number of nitrogens with zero attached hydrogens (tertiary/aromatic N) is 2. The first-order valence-corrected chi connectivity index (χ1v) is 7.34. The summed E-state index contributed by atoms with van der Waals surface area (Å²) in [5.74, 6) is 0.153. The molecule has 0 bridgehead atoms. The number of carbonyl (C=O) groups is 2. The van der Waals surface area contributed by atoms with Gasteiger partial charge < -0.3 is 14.9 Å². The molecule has 2 unspecified atom stereocenters. The molecule has 3 rings (SSSR count). The van der Waals surface area contributed by atoms with Gasteiger partial charge in [0.25, 0.3) is 0 Å². The average Bonchev–Trinajstić information content (AvgIpc) is 3.01.